The summed E-state index contributed by atoms with van der Waals surface area (Å²) in [6, 6.07) is 28.3. The van der Waals surface area contributed by atoms with Crippen LogP contribution in [0.1, 0.15) is 27.5 Å². The van der Waals surface area contributed by atoms with E-state index < -0.39 is 0 Å². The number of anilines is 3. The molecular formula is C32H36N8O3. The molecule has 11 heteroatoms. The van der Waals surface area contributed by atoms with Crippen LogP contribution in [0.4, 0.5) is 17.8 Å². The number of hydrazine groups is 1. The Kier molecular flexibility index (Phi) is 8.90. The topological polar surface area (TPSA) is 108 Å². The van der Waals surface area contributed by atoms with Crippen molar-refractivity contribution in [2.24, 2.45) is 0 Å². The van der Waals surface area contributed by atoms with E-state index in [0.29, 0.717) is 49.5 Å². The second-order valence-electron chi connectivity index (χ2n) is 10.4. The van der Waals surface area contributed by atoms with E-state index in [4.69, 9.17) is 19.4 Å². The van der Waals surface area contributed by atoms with Gasteiger partial charge in [0.15, 0.2) is 0 Å². The van der Waals surface area contributed by atoms with E-state index in [1.165, 1.54) is 11.1 Å². The molecule has 11 nitrogen and oxygen atoms in total. The van der Waals surface area contributed by atoms with Crippen molar-refractivity contribution in [1.82, 2.24) is 25.3 Å². The summed E-state index contributed by atoms with van der Waals surface area (Å²) in [4.78, 5) is 33.8. The molecule has 0 saturated carbocycles. The molecule has 0 atom stereocenters. The highest BCUT2D eigenvalue weighted by molar-refractivity contribution is 5.94. The van der Waals surface area contributed by atoms with Gasteiger partial charge in [-0.25, -0.2) is 0 Å². The Labute approximate surface area is 251 Å². The van der Waals surface area contributed by atoms with Gasteiger partial charge in [-0.15, -0.1) is 0 Å². The van der Waals surface area contributed by atoms with Gasteiger partial charge in [-0.3, -0.25) is 20.5 Å². The number of aromatic nitrogens is 3. The summed E-state index contributed by atoms with van der Waals surface area (Å²) in [6.07, 6.45) is 0. The van der Waals surface area contributed by atoms with Gasteiger partial charge >= 0.3 is 0 Å². The van der Waals surface area contributed by atoms with E-state index in [9.17, 15) is 4.79 Å². The summed E-state index contributed by atoms with van der Waals surface area (Å²) in [7, 11) is 1.59. The van der Waals surface area contributed by atoms with Gasteiger partial charge in [-0.2, -0.15) is 15.0 Å². The van der Waals surface area contributed by atoms with Gasteiger partial charge in [0.1, 0.15) is 5.75 Å². The van der Waals surface area contributed by atoms with Gasteiger partial charge in [0.25, 0.3) is 5.91 Å². The zero-order valence-electron chi connectivity index (χ0n) is 24.2. The van der Waals surface area contributed by atoms with Crippen molar-refractivity contribution in [3.63, 3.8) is 0 Å². The van der Waals surface area contributed by atoms with Crippen molar-refractivity contribution in [2.45, 2.75) is 6.04 Å². The van der Waals surface area contributed by atoms with Gasteiger partial charge in [-0.05, 0) is 35.4 Å². The first-order valence-corrected chi connectivity index (χ1v) is 14.6. The lowest BCUT2D eigenvalue weighted by atomic mass is 9.96. The van der Waals surface area contributed by atoms with Gasteiger partial charge in [0.05, 0.1) is 26.4 Å². The van der Waals surface area contributed by atoms with Crippen LogP contribution in [0.15, 0.2) is 84.9 Å². The lowest BCUT2D eigenvalue weighted by Crippen LogP contribution is -2.48. The lowest BCUT2D eigenvalue weighted by molar-refractivity contribution is 0.0962. The molecule has 0 spiro atoms. The third kappa shape index (κ3) is 6.85. The lowest BCUT2D eigenvalue weighted by Gasteiger charge is -2.40. The molecular weight excluding hydrogens is 544 g/mol. The molecule has 2 saturated heterocycles. The van der Waals surface area contributed by atoms with Gasteiger partial charge in [0.2, 0.25) is 17.8 Å². The number of benzene rings is 3. The molecule has 6 rings (SSSR count). The fraction of sp³-hybridized carbons (Fsp3) is 0.312. The molecule has 0 bridgehead atoms. The van der Waals surface area contributed by atoms with Crippen LogP contribution < -0.4 is 25.4 Å². The maximum Gasteiger partial charge on any atom is 0.269 e. The summed E-state index contributed by atoms with van der Waals surface area (Å²) < 4.78 is 10.7. The first-order valence-electron chi connectivity index (χ1n) is 14.6. The molecule has 2 fully saturated rings. The van der Waals surface area contributed by atoms with Crippen LogP contribution in [0.3, 0.4) is 0 Å². The molecule has 0 unspecified atom stereocenters. The van der Waals surface area contributed by atoms with E-state index in [-0.39, 0.29) is 17.9 Å². The monoisotopic (exact) mass is 580 g/mol. The third-order valence-electron chi connectivity index (χ3n) is 7.74. The molecule has 43 heavy (non-hydrogen) atoms. The van der Waals surface area contributed by atoms with Crippen molar-refractivity contribution in [2.75, 3.05) is 74.8 Å². The minimum Gasteiger partial charge on any atom is -0.497 e. The third-order valence-corrected chi connectivity index (χ3v) is 7.74. The zero-order valence-corrected chi connectivity index (χ0v) is 24.2. The average molecular weight is 581 g/mol. The predicted octanol–water partition coefficient (Wildman–Crippen LogP) is 3.39. The smallest absolute Gasteiger partial charge is 0.269 e. The fourth-order valence-electron chi connectivity index (χ4n) is 5.45. The highest BCUT2D eigenvalue weighted by atomic mass is 16.5. The van der Waals surface area contributed by atoms with Crippen LogP contribution in [0, 0.1) is 0 Å². The van der Waals surface area contributed by atoms with Crippen molar-refractivity contribution < 1.29 is 14.3 Å². The second-order valence-corrected chi connectivity index (χ2v) is 10.4. The molecule has 2 aliphatic heterocycles. The number of morpholine rings is 1. The van der Waals surface area contributed by atoms with Gasteiger partial charge in [0, 0.05) is 44.8 Å². The zero-order chi connectivity index (χ0) is 29.4. The molecule has 0 aliphatic carbocycles. The van der Waals surface area contributed by atoms with E-state index in [2.05, 4.69) is 91.2 Å². The van der Waals surface area contributed by atoms with Crippen LogP contribution >= 0.6 is 0 Å². The van der Waals surface area contributed by atoms with Crippen molar-refractivity contribution in [3.8, 4) is 5.75 Å². The normalized spacial score (nSPS) is 15.8. The number of carbonyl (C=O) groups excluding carboxylic acids is 1. The number of nitrogens with one attached hydrogen (secondary N) is 2. The van der Waals surface area contributed by atoms with E-state index in [1.54, 1.807) is 31.4 Å². The van der Waals surface area contributed by atoms with Crippen LogP contribution in [0.5, 0.6) is 5.75 Å². The van der Waals surface area contributed by atoms with Crippen molar-refractivity contribution in [1.29, 1.82) is 0 Å². The molecule has 1 aromatic heterocycles. The quantitative estimate of drug-likeness (QED) is 0.286. The van der Waals surface area contributed by atoms with Gasteiger partial charge < -0.3 is 19.3 Å². The largest absolute Gasteiger partial charge is 0.497 e. The number of amides is 1. The van der Waals surface area contributed by atoms with Gasteiger partial charge in [-0.1, -0.05) is 60.7 Å². The summed E-state index contributed by atoms with van der Waals surface area (Å²) >= 11 is 0. The first kappa shape index (κ1) is 28.4. The molecule has 2 N–H and O–H groups in total. The number of ether oxygens (including phenoxy) is 2. The number of nitrogens with zero attached hydrogens (tertiary/aromatic N) is 6. The van der Waals surface area contributed by atoms with Crippen LogP contribution in [0.2, 0.25) is 0 Å². The molecule has 0 radical (unpaired) electrons. The molecule has 4 aromatic rings. The highest BCUT2D eigenvalue weighted by Crippen LogP contribution is 2.30. The Bertz CT molecular complexity index is 1440. The number of rotatable bonds is 9. The Morgan fingerprint density at radius 2 is 1.30 bits per heavy atom. The van der Waals surface area contributed by atoms with Crippen LogP contribution in [0.25, 0.3) is 0 Å². The fourth-order valence-corrected chi connectivity index (χ4v) is 5.45. The summed E-state index contributed by atoms with van der Waals surface area (Å²) in [5.74, 6) is 1.79. The van der Waals surface area contributed by atoms with E-state index in [0.717, 1.165) is 26.2 Å². The van der Waals surface area contributed by atoms with E-state index >= 15 is 0 Å². The maximum absolute atomic E-state index is 12.8. The Morgan fingerprint density at radius 1 is 0.744 bits per heavy atom. The number of carbonyl (C=O) groups is 1. The van der Waals surface area contributed by atoms with Crippen LogP contribution in [-0.4, -0.2) is 85.4 Å². The highest BCUT2D eigenvalue weighted by Gasteiger charge is 2.28. The molecule has 1 amide bonds. The minimum atomic E-state index is -0.306. The summed E-state index contributed by atoms with van der Waals surface area (Å²) in [5, 5.41) is 0. The Morgan fingerprint density at radius 3 is 1.86 bits per heavy atom. The molecule has 2 aliphatic rings. The Hall–Kier alpha value is -4.74. The molecule has 3 aromatic carbocycles. The van der Waals surface area contributed by atoms with E-state index in [1.807, 2.05) is 0 Å². The summed E-state index contributed by atoms with van der Waals surface area (Å²) in [6.45, 7) is 5.76. The summed E-state index contributed by atoms with van der Waals surface area (Å²) in [5.41, 5.74) is 8.66. The van der Waals surface area contributed by atoms with Crippen LogP contribution in [-0.2, 0) is 4.74 Å². The average Bonchev–Trinajstić information content (AvgIpc) is 3.09. The predicted molar refractivity (Wildman–Crippen MR) is 165 cm³/mol. The first-order chi connectivity index (χ1) is 21.2. The number of hydrogen-bond donors (Lipinski definition) is 2. The number of methoxy groups -OCH3 is 1. The number of hydrogen-bond acceptors (Lipinski definition) is 10. The molecule has 222 valence electrons. The number of piperazine rings is 1. The second kappa shape index (κ2) is 13.5. The SMILES string of the molecule is COc1ccc(C(=O)NNc2nc(N3CCOCC3)nc(N3CCN(C(c4ccccc4)c4ccccc4)CC3)n2)cc1. The Balaban J connectivity index is 1.19. The minimum absolute atomic E-state index is 0.164. The standard InChI is InChI=1S/C32H36N8O3/c1-42-27-14-12-26(13-15-27)29(41)36-37-30-33-31(35-32(34-30)40-20-22-43-23-21-40)39-18-16-38(17-19-39)28(24-8-4-2-5-9-24)25-10-6-3-7-11-25/h2-15,28H,16-23H2,1H3,(H,36,41)(H,33,34,35,37). The van der Waals surface area contributed by atoms with Crippen molar-refractivity contribution >= 4 is 23.8 Å². The van der Waals surface area contributed by atoms with Crippen molar-refractivity contribution in [3.05, 3.63) is 102 Å². The maximum atomic E-state index is 12.8. The molecule has 3 heterocycles.